The van der Waals surface area contributed by atoms with Gasteiger partial charge in [0.2, 0.25) is 0 Å². The third-order valence-electron chi connectivity index (χ3n) is 2.91. The maximum absolute atomic E-state index is 12.9. The number of rotatable bonds is 4. The first-order chi connectivity index (χ1) is 9.93. The Morgan fingerprint density at radius 2 is 2.10 bits per heavy atom. The monoisotopic (exact) mass is 294 g/mol. The van der Waals surface area contributed by atoms with Crippen LogP contribution in [0.1, 0.15) is 28.0 Å². The van der Waals surface area contributed by atoms with E-state index in [2.05, 4.69) is 9.97 Å². The Balaban J connectivity index is 2.52. The van der Waals surface area contributed by atoms with Gasteiger partial charge in [0.05, 0.1) is 7.11 Å². The van der Waals surface area contributed by atoms with E-state index >= 15 is 0 Å². The van der Waals surface area contributed by atoms with Crippen LogP contribution in [-0.4, -0.2) is 28.2 Å². The van der Waals surface area contributed by atoms with Gasteiger partial charge >= 0.3 is 5.97 Å². The van der Waals surface area contributed by atoms with E-state index in [0.717, 1.165) is 11.8 Å². The number of benzene rings is 1. The molecule has 0 atom stereocenters. The van der Waals surface area contributed by atoms with Crippen LogP contribution in [0, 0.1) is 6.92 Å². The molecule has 0 aliphatic rings. The molecule has 0 aliphatic carbocycles. The fraction of sp³-hybridized carbons (Fsp3) is 0.214. The van der Waals surface area contributed by atoms with Crippen LogP contribution in [0.2, 0.25) is 0 Å². The highest BCUT2D eigenvalue weighted by molar-refractivity contribution is 5.88. The Morgan fingerprint density at radius 1 is 1.38 bits per heavy atom. The Morgan fingerprint density at radius 3 is 2.62 bits per heavy atom. The van der Waals surface area contributed by atoms with E-state index in [4.69, 9.17) is 9.84 Å². The second kappa shape index (κ2) is 5.82. The van der Waals surface area contributed by atoms with E-state index in [-0.39, 0.29) is 5.82 Å². The van der Waals surface area contributed by atoms with Crippen molar-refractivity contribution < 1.29 is 23.4 Å². The molecular formula is C14H12F2N2O3. The molecule has 0 saturated carbocycles. The van der Waals surface area contributed by atoms with E-state index in [1.165, 1.54) is 7.11 Å². The molecule has 1 aromatic carbocycles. The minimum Gasteiger partial charge on any atom is -0.496 e. The molecule has 7 heteroatoms. The predicted octanol–water partition coefficient (Wildman–Crippen LogP) is 3.10. The first-order valence-corrected chi connectivity index (χ1v) is 5.97. The van der Waals surface area contributed by atoms with Crippen LogP contribution in [0.3, 0.4) is 0 Å². The lowest BCUT2D eigenvalue weighted by Gasteiger charge is -2.09. The molecule has 1 N–H and O–H groups in total. The lowest BCUT2D eigenvalue weighted by Crippen LogP contribution is -2.08. The smallest absolute Gasteiger partial charge is 0.339 e. The van der Waals surface area contributed by atoms with Crippen LogP contribution < -0.4 is 4.74 Å². The summed E-state index contributed by atoms with van der Waals surface area (Å²) in [6.45, 7) is 1.79. The molecule has 2 aromatic rings. The van der Waals surface area contributed by atoms with Crippen molar-refractivity contribution in [3.05, 3.63) is 41.2 Å². The zero-order valence-corrected chi connectivity index (χ0v) is 11.3. The largest absolute Gasteiger partial charge is 0.496 e. The minimum absolute atomic E-state index is 0.0426. The van der Waals surface area contributed by atoms with Crippen LogP contribution in [0.15, 0.2) is 24.4 Å². The van der Waals surface area contributed by atoms with Crippen LogP contribution >= 0.6 is 0 Å². The maximum Gasteiger partial charge on any atom is 0.339 e. The Kier molecular flexibility index (Phi) is 4.11. The molecule has 0 spiro atoms. The van der Waals surface area contributed by atoms with Crippen molar-refractivity contribution in [2.45, 2.75) is 13.3 Å². The van der Waals surface area contributed by atoms with Gasteiger partial charge in [-0.25, -0.2) is 23.5 Å². The number of halogens is 2. The third-order valence-corrected chi connectivity index (χ3v) is 2.91. The van der Waals surface area contributed by atoms with E-state index in [9.17, 15) is 13.6 Å². The van der Waals surface area contributed by atoms with Gasteiger partial charge in [0.25, 0.3) is 6.43 Å². The van der Waals surface area contributed by atoms with Gasteiger partial charge in [-0.2, -0.15) is 0 Å². The Labute approximate surface area is 119 Å². The molecule has 0 fully saturated rings. The summed E-state index contributed by atoms with van der Waals surface area (Å²) in [6, 6.07) is 4.97. The number of alkyl halides is 2. The number of ether oxygens (including phenoxy) is 1. The number of aryl methyl sites for hydroxylation is 1. The fourth-order valence-corrected chi connectivity index (χ4v) is 1.88. The zero-order chi connectivity index (χ0) is 15.6. The Hall–Kier alpha value is -2.57. The van der Waals surface area contributed by atoms with Crippen molar-refractivity contribution in [2.24, 2.45) is 0 Å². The molecular weight excluding hydrogens is 282 g/mol. The maximum atomic E-state index is 12.9. The number of nitrogens with zero attached hydrogens (tertiary/aromatic N) is 2. The molecule has 0 saturated heterocycles. The molecule has 110 valence electrons. The number of methoxy groups -OCH3 is 1. The zero-order valence-electron chi connectivity index (χ0n) is 11.3. The molecule has 1 aromatic heterocycles. The van der Waals surface area contributed by atoms with Gasteiger partial charge in [-0.05, 0) is 30.7 Å². The van der Waals surface area contributed by atoms with Crippen LogP contribution in [0.25, 0.3) is 11.4 Å². The quantitative estimate of drug-likeness (QED) is 0.938. The number of hydrogen-bond donors (Lipinski definition) is 1. The standard InChI is InChI=1S/C14H12F2N2O3/c1-7-5-8(3-4-10(7)21-2)13-17-6-9(14(19)20)11(18-13)12(15)16/h3-6,12H,1-2H3,(H,19,20). The topological polar surface area (TPSA) is 72.3 Å². The highest BCUT2D eigenvalue weighted by Gasteiger charge is 2.21. The first-order valence-electron chi connectivity index (χ1n) is 5.97. The van der Waals surface area contributed by atoms with E-state index < -0.39 is 23.7 Å². The molecule has 0 radical (unpaired) electrons. The lowest BCUT2D eigenvalue weighted by molar-refractivity contribution is 0.0681. The second-order valence-corrected chi connectivity index (χ2v) is 4.28. The average Bonchev–Trinajstić information content (AvgIpc) is 2.46. The molecule has 1 heterocycles. The summed E-state index contributed by atoms with van der Waals surface area (Å²) in [5.74, 6) is -0.793. The van der Waals surface area contributed by atoms with Crippen LogP contribution in [-0.2, 0) is 0 Å². The number of aromatic nitrogens is 2. The van der Waals surface area contributed by atoms with Gasteiger partial charge in [0.15, 0.2) is 5.82 Å². The number of carboxylic acids is 1. The molecule has 2 rings (SSSR count). The summed E-state index contributed by atoms with van der Waals surface area (Å²) in [5, 5.41) is 8.86. The highest BCUT2D eigenvalue weighted by atomic mass is 19.3. The number of hydrogen-bond acceptors (Lipinski definition) is 4. The third kappa shape index (κ3) is 2.96. The molecule has 0 aliphatic heterocycles. The SMILES string of the molecule is COc1ccc(-c2ncc(C(=O)O)c(C(F)F)n2)cc1C. The van der Waals surface area contributed by atoms with Gasteiger partial charge < -0.3 is 9.84 Å². The molecule has 21 heavy (non-hydrogen) atoms. The molecule has 0 bridgehead atoms. The minimum atomic E-state index is -2.99. The van der Waals surface area contributed by atoms with Gasteiger partial charge in [0.1, 0.15) is 17.0 Å². The van der Waals surface area contributed by atoms with E-state index in [1.807, 2.05) is 0 Å². The van der Waals surface area contributed by atoms with Crippen molar-refractivity contribution in [1.29, 1.82) is 0 Å². The average molecular weight is 294 g/mol. The highest BCUT2D eigenvalue weighted by Crippen LogP contribution is 2.27. The number of aromatic carboxylic acids is 1. The molecule has 5 nitrogen and oxygen atoms in total. The van der Waals surface area contributed by atoms with Gasteiger partial charge in [-0.1, -0.05) is 0 Å². The normalized spacial score (nSPS) is 10.7. The van der Waals surface area contributed by atoms with E-state index in [0.29, 0.717) is 11.3 Å². The summed E-state index contributed by atoms with van der Waals surface area (Å²) in [4.78, 5) is 18.4. The summed E-state index contributed by atoms with van der Waals surface area (Å²) in [6.07, 6.45) is -2.09. The summed E-state index contributed by atoms with van der Waals surface area (Å²) in [7, 11) is 1.52. The first kappa shape index (κ1) is 14.8. The molecule has 0 unspecified atom stereocenters. The van der Waals surface area contributed by atoms with Crippen molar-refractivity contribution in [3.63, 3.8) is 0 Å². The summed E-state index contributed by atoms with van der Waals surface area (Å²) in [5.41, 5.74) is -0.0911. The van der Waals surface area contributed by atoms with Gasteiger partial charge in [-0.3, -0.25) is 0 Å². The lowest BCUT2D eigenvalue weighted by atomic mass is 10.1. The number of carbonyl (C=O) groups is 1. The Bertz CT molecular complexity index is 690. The van der Waals surface area contributed by atoms with E-state index in [1.54, 1.807) is 25.1 Å². The summed E-state index contributed by atoms with van der Waals surface area (Å²) < 4.78 is 30.9. The van der Waals surface area contributed by atoms with Crippen LogP contribution in [0.4, 0.5) is 8.78 Å². The van der Waals surface area contributed by atoms with Gasteiger partial charge in [0, 0.05) is 11.8 Å². The van der Waals surface area contributed by atoms with Crippen molar-refractivity contribution >= 4 is 5.97 Å². The van der Waals surface area contributed by atoms with Crippen LogP contribution in [0.5, 0.6) is 5.75 Å². The number of carboxylic acid groups (broad SMARTS) is 1. The second-order valence-electron chi connectivity index (χ2n) is 4.28. The van der Waals surface area contributed by atoms with Crippen molar-refractivity contribution in [3.8, 4) is 17.1 Å². The fourth-order valence-electron chi connectivity index (χ4n) is 1.88. The summed E-state index contributed by atoms with van der Waals surface area (Å²) >= 11 is 0. The van der Waals surface area contributed by atoms with Crippen molar-refractivity contribution in [1.82, 2.24) is 9.97 Å². The molecule has 0 amide bonds. The van der Waals surface area contributed by atoms with Crippen molar-refractivity contribution in [2.75, 3.05) is 7.11 Å². The van der Waals surface area contributed by atoms with Gasteiger partial charge in [-0.15, -0.1) is 0 Å². The predicted molar refractivity (Wildman–Crippen MR) is 70.7 cm³/mol.